The Hall–Kier alpha value is -1.94. The van der Waals surface area contributed by atoms with Crippen molar-refractivity contribution in [1.82, 2.24) is 9.88 Å². The number of piperidine rings is 3. The Balaban J connectivity index is 1.70. The molecule has 0 saturated carbocycles. The van der Waals surface area contributed by atoms with Crippen LogP contribution in [-0.4, -0.2) is 41.9 Å². The molecule has 0 aliphatic carbocycles. The number of pyridine rings is 1. The third-order valence-corrected chi connectivity index (χ3v) is 5.15. The molecule has 0 amide bonds. The first-order valence-electron chi connectivity index (χ1n) is 7.95. The minimum absolute atomic E-state index is 0.0456. The average Bonchev–Trinajstić information content (AvgIpc) is 2.58. The topological polar surface area (TPSA) is 42.4 Å². The van der Waals surface area contributed by atoms with Crippen LogP contribution in [0.15, 0.2) is 30.5 Å². The summed E-state index contributed by atoms with van der Waals surface area (Å²) in [6.45, 7) is 2.13. The van der Waals surface area contributed by atoms with Gasteiger partial charge in [0.05, 0.1) is 18.7 Å². The van der Waals surface area contributed by atoms with Crippen molar-refractivity contribution < 1.29 is 9.53 Å². The molecule has 3 fully saturated rings. The molecule has 0 radical (unpaired) electrons. The normalized spacial score (nSPS) is 27.3. The highest BCUT2D eigenvalue weighted by atomic mass is 16.5. The van der Waals surface area contributed by atoms with E-state index in [4.69, 9.17) is 4.74 Å². The van der Waals surface area contributed by atoms with Gasteiger partial charge in [0.15, 0.2) is 5.78 Å². The fourth-order valence-electron chi connectivity index (χ4n) is 3.87. The van der Waals surface area contributed by atoms with E-state index in [0.29, 0.717) is 5.78 Å². The van der Waals surface area contributed by atoms with E-state index in [1.807, 2.05) is 30.5 Å². The molecule has 0 spiro atoms. The van der Waals surface area contributed by atoms with E-state index in [2.05, 4.69) is 9.88 Å². The number of benzene rings is 1. The van der Waals surface area contributed by atoms with Crippen LogP contribution in [0.3, 0.4) is 0 Å². The minimum Gasteiger partial charge on any atom is -0.497 e. The summed E-state index contributed by atoms with van der Waals surface area (Å²) in [5.41, 5.74) is 2.15. The Morgan fingerprint density at radius 3 is 2.82 bits per heavy atom. The third-order valence-electron chi connectivity index (χ3n) is 5.15. The molecule has 5 rings (SSSR count). The first-order valence-corrected chi connectivity index (χ1v) is 7.95. The zero-order valence-corrected chi connectivity index (χ0v) is 12.8. The maximum absolute atomic E-state index is 12.6. The molecule has 114 valence electrons. The Morgan fingerprint density at radius 2 is 2.09 bits per heavy atom. The number of hydrogen-bond donors (Lipinski definition) is 0. The van der Waals surface area contributed by atoms with Gasteiger partial charge in [-0.3, -0.25) is 14.7 Å². The quantitative estimate of drug-likeness (QED) is 0.872. The van der Waals surface area contributed by atoms with Gasteiger partial charge in [0.2, 0.25) is 0 Å². The number of nitrogens with zero attached hydrogens (tertiary/aromatic N) is 2. The predicted molar refractivity (Wildman–Crippen MR) is 85.1 cm³/mol. The number of fused-ring (bicyclic) bond motifs is 4. The van der Waals surface area contributed by atoms with Gasteiger partial charge >= 0.3 is 0 Å². The van der Waals surface area contributed by atoms with Gasteiger partial charge < -0.3 is 4.74 Å². The van der Waals surface area contributed by atoms with Crippen molar-refractivity contribution in [2.75, 3.05) is 20.2 Å². The standard InChI is InChI=1S/C18H20N2O2/c1-22-14-2-3-16-15(11-14)13(4-7-19-16)10-17-18(21)12-5-8-20(17)9-6-12/h2-4,7,11-12,17H,5-6,8-10H2,1H3. The van der Waals surface area contributed by atoms with Crippen molar-refractivity contribution in [3.8, 4) is 5.75 Å². The van der Waals surface area contributed by atoms with Gasteiger partial charge in [0, 0.05) is 17.5 Å². The first kappa shape index (κ1) is 13.7. The van der Waals surface area contributed by atoms with Crippen LogP contribution >= 0.6 is 0 Å². The van der Waals surface area contributed by atoms with Gasteiger partial charge in [0.25, 0.3) is 0 Å². The lowest BCUT2D eigenvalue weighted by Gasteiger charge is -2.44. The zero-order valence-electron chi connectivity index (χ0n) is 12.8. The molecule has 1 atom stereocenters. The van der Waals surface area contributed by atoms with Gasteiger partial charge in [-0.2, -0.15) is 0 Å². The van der Waals surface area contributed by atoms with Crippen molar-refractivity contribution in [3.63, 3.8) is 0 Å². The molecule has 4 heteroatoms. The number of aromatic nitrogens is 1. The molecular formula is C18H20N2O2. The molecule has 3 aliphatic rings. The molecule has 1 aromatic heterocycles. The summed E-state index contributed by atoms with van der Waals surface area (Å²) in [5, 5.41) is 1.09. The fraction of sp³-hybridized carbons (Fsp3) is 0.444. The SMILES string of the molecule is COc1ccc2nccc(CC3C(=O)C4CCN3CC4)c2c1. The second kappa shape index (κ2) is 5.36. The number of rotatable bonds is 3. The number of ketones is 1. The van der Waals surface area contributed by atoms with E-state index >= 15 is 0 Å². The summed E-state index contributed by atoms with van der Waals surface area (Å²) in [6, 6.07) is 8.02. The van der Waals surface area contributed by atoms with Crippen molar-refractivity contribution in [2.45, 2.75) is 25.3 Å². The van der Waals surface area contributed by atoms with Crippen LogP contribution in [0.4, 0.5) is 0 Å². The van der Waals surface area contributed by atoms with E-state index in [-0.39, 0.29) is 12.0 Å². The lowest BCUT2D eigenvalue weighted by atomic mass is 9.80. The predicted octanol–water partition coefficient (Wildman–Crippen LogP) is 2.45. The molecular weight excluding hydrogens is 276 g/mol. The summed E-state index contributed by atoms with van der Waals surface area (Å²) in [7, 11) is 1.67. The van der Waals surface area contributed by atoms with Crippen LogP contribution in [0.5, 0.6) is 5.75 Å². The summed E-state index contributed by atoms with van der Waals surface area (Å²) in [6.07, 6.45) is 4.70. The van der Waals surface area contributed by atoms with Crippen molar-refractivity contribution in [2.24, 2.45) is 5.92 Å². The van der Waals surface area contributed by atoms with Crippen LogP contribution in [0.1, 0.15) is 18.4 Å². The number of methoxy groups -OCH3 is 1. The molecule has 2 aromatic rings. The van der Waals surface area contributed by atoms with Crippen molar-refractivity contribution in [1.29, 1.82) is 0 Å². The van der Waals surface area contributed by atoms with Gasteiger partial charge in [0.1, 0.15) is 5.75 Å². The van der Waals surface area contributed by atoms with Gasteiger partial charge in [-0.1, -0.05) is 0 Å². The van der Waals surface area contributed by atoms with Crippen LogP contribution in [0.25, 0.3) is 10.9 Å². The maximum atomic E-state index is 12.6. The van der Waals surface area contributed by atoms with Crippen LogP contribution in [-0.2, 0) is 11.2 Å². The van der Waals surface area contributed by atoms with Crippen molar-refractivity contribution >= 4 is 16.7 Å². The van der Waals surface area contributed by atoms with E-state index in [0.717, 1.165) is 49.0 Å². The fourth-order valence-corrected chi connectivity index (χ4v) is 3.87. The lowest BCUT2D eigenvalue weighted by Crippen LogP contribution is -2.56. The highest BCUT2D eigenvalue weighted by molar-refractivity contribution is 5.89. The monoisotopic (exact) mass is 296 g/mol. The van der Waals surface area contributed by atoms with Crippen LogP contribution in [0, 0.1) is 5.92 Å². The van der Waals surface area contributed by atoms with E-state index in [9.17, 15) is 4.79 Å². The third kappa shape index (κ3) is 2.18. The van der Waals surface area contributed by atoms with Gasteiger partial charge in [-0.25, -0.2) is 0 Å². The molecule has 0 N–H and O–H groups in total. The molecule has 4 nitrogen and oxygen atoms in total. The highest BCUT2D eigenvalue weighted by Gasteiger charge is 2.40. The summed E-state index contributed by atoms with van der Waals surface area (Å²) in [5.74, 6) is 1.56. The largest absolute Gasteiger partial charge is 0.497 e. The van der Waals surface area contributed by atoms with Gasteiger partial charge in [-0.05, 0) is 62.2 Å². The first-order chi connectivity index (χ1) is 10.8. The Morgan fingerprint density at radius 1 is 1.27 bits per heavy atom. The highest BCUT2D eigenvalue weighted by Crippen LogP contribution is 2.32. The number of carbonyl (C=O) groups excluding carboxylic acids is 1. The van der Waals surface area contributed by atoms with Crippen LogP contribution < -0.4 is 4.74 Å². The number of carbonyl (C=O) groups is 1. The lowest BCUT2D eigenvalue weighted by molar-refractivity contribution is -0.136. The molecule has 4 heterocycles. The number of hydrogen-bond acceptors (Lipinski definition) is 4. The Labute approximate surface area is 130 Å². The molecule has 22 heavy (non-hydrogen) atoms. The van der Waals surface area contributed by atoms with E-state index in [1.165, 1.54) is 5.56 Å². The van der Waals surface area contributed by atoms with E-state index < -0.39 is 0 Å². The second-order valence-corrected chi connectivity index (χ2v) is 6.29. The van der Waals surface area contributed by atoms with Crippen molar-refractivity contribution in [3.05, 3.63) is 36.0 Å². The Bertz CT molecular complexity index is 720. The second-order valence-electron chi connectivity index (χ2n) is 6.29. The number of ether oxygens (including phenoxy) is 1. The molecule has 1 unspecified atom stereocenters. The maximum Gasteiger partial charge on any atom is 0.153 e. The summed E-state index contributed by atoms with van der Waals surface area (Å²) >= 11 is 0. The molecule has 3 aliphatic heterocycles. The Kier molecular flexibility index (Phi) is 3.34. The molecule has 3 saturated heterocycles. The summed E-state index contributed by atoms with van der Waals surface area (Å²) < 4.78 is 5.33. The van der Waals surface area contributed by atoms with Gasteiger partial charge in [-0.15, -0.1) is 0 Å². The molecule has 1 aromatic carbocycles. The molecule has 2 bridgehead atoms. The minimum atomic E-state index is 0.0456. The van der Waals surface area contributed by atoms with E-state index in [1.54, 1.807) is 7.11 Å². The summed E-state index contributed by atoms with van der Waals surface area (Å²) in [4.78, 5) is 19.3. The average molecular weight is 296 g/mol. The smallest absolute Gasteiger partial charge is 0.153 e. The van der Waals surface area contributed by atoms with Crippen LogP contribution in [0.2, 0.25) is 0 Å². The number of Topliss-reactive ketones (excluding diaryl/α,β-unsaturated/α-hetero) is 1. The zero-order chi connectivity index (χ0) is 15.1.